The van der Waals surface area contributed by atoms with Gasteiger partial charge in [-0.1, -0.05) is 28.1 Å². The predicted octanol–water partition coefficient (Wildman–Crippen LogP) is 3.94. The monoisotopic (exact) mass is 320 g/mol. The van der Waals surface area contributed by atoms with Gasteiger partial charge < -0.3 is 9.84 Å². The van der Waals surface area contributed by atoms with Crippen molar-refractivity contribution in [1.29, 1.82) is 0 Å². The average Bonchev–Trinajstić information content (AvgIpc) is 2.41. The largest absolute Gasteiger partial charge is 0.457 e. The van der Waals surface area contributed by atoms with E-state index in [1.807, 2.05) is 6.07 Å². The molecule has 0 radical (unpaired) electrons. The first-order chi connectivity index (χ1) is 9.10. The first-order valence-corrected chi connectivity index (χ1v) is 6.57. The second-order valence-corrected chi connectivity index (χ2v) is 5.02. The number of aliphatic hydroxyl groups is 1. The van der Waals surface area contributed by atoms with Gasteiger partial charge in [0.2, 0.25) is 0 Å². The number of benzene rings is 2. The minimum Gasteiger partial charge on any atom is -0.457 e. The molecule has 0 aliphatic carbocycles. The van der Waals surface area contributed by atoms with Crippen molar-refractivity contribution in [2.45, 2.75) is 13.5 Å². The lowest BCUT2D eigenvalue weighted by Gasteiger charge is -2.10. The molecule has 0 bridgehead atoms. The summed E-state index contributed by atoms with van der Waals surface area (Å²) in [7, 11) is 0. The third-order valence-corrected chi connectivity index (χ3v) is 3.15. The Labute approximate surface area is 120 Å². The van der Waals surface area contributed by atoms with Crippen molar-refractivity contribution in [3.8, 4) is 11.5 Å². The van der Waals surface area contributed by atoms with E-state index in [2.05, 4.69) is 15.9 Å². The van der Waals surface area contributed by atoms with E-state index in [9.17, 15) is 4.79 Å². The highest BCUT2D eigenvalue weighted by Crippen LogP contribution is 2.28. The molecule has 19 heavy (non-hydrogen) atoms. The minimum atomic E-state index is -0.0525. The summed E-state index contributed by atoms with van der Waals surface area (Å²) in [5, 5.41) is 8.97. The van der Waals surface area contributed by atoms with Crippen LogP contribution in [0.3, 0.4) is 0 Å². The van der Waals surface area contributed by atoms with Crippen molar-refractivity contribution in [3.63, 3.8) is 0 Å². The molecule has 0 heterocycles. The van der Waals surface area contributed by atoms with Gasteiger partial charge in [-0.25, -0.2) is 0 Å². The quantitative estimate of drug-likeness (QED) is 0.868. The lowest BCUT2D eigenvalue weighted by molar-refractivity contribution is 0.101. The molecule has 2 rings (SSSR count). The second-order valence-electron chi connectivity index (χ2n) is 4.10. The van der Waals surface area contributed by atoms with Crippen molar-refractivity contribution in [2.75, 3.05) is 0 Å². The Morgan fingerprint density at radius 1 is 1.21 bits per heavy atom. The molecular weight excluding hydrogens is 308 g/mol. The van der Waals surface area contributed by atoms with Crippen LogP contribution in [0, 0.1) is 0 Å². The molecule has 0 amide bonds. The van der Waals surface area contributed by atoms with E-state index in [-0.39, 0.29) is 12.4 Å². The zero-order valence-electron chi connectivity index (χ0n) is 10.4. The van der Waals surface area contributed by atoms with E-state index < -0.39 is 0 Å². The number of ether oxygens (including phenoxy) is 1. The topological polar surface area (TPSA) is 46.5 Å². The molecule has 0 fully saturated rings. The maximum Gasteiger partial charge on any atom is 0.163 e. The molecule has 2 aromatic carbocycles. The fourth-order valence-corrected chi connectivity index (χ4v) is 2.02. The summed E-state index contributed by atoms with van der Waals surface area (Å²) in [6.45, 7) is 1.50. The average molecular weight is 321 g/mol. The zero-order valence-corrected chi connectivity index (χ0v) is 12.0. The molecule has 0 atom stereocenters. The summed E-state index contributed by atoms with van der Waals surface area (Å²) < 4.78 is 6.54. The standard InChI is InChI=1S/C15H13BrO3/c1-10(18)14-8-12(16)4-7-15(14)19-13-5-2-11(9-17)3-6-13/h2-8,17H,9H2,1H3. The maximum atomic E-state index is 11.6. The molecular formula is C15H13BrO3. The number of halogens is 1. The van der Waals surface area contributed by atoms with Crippen LogP contribution in [0.2, 0.25) is 0 Å². The number of carbonyl (C=O) groups excluding carboxylic acids is 1. The molecule has 1 N–H and O–H groups in total. The number of hydrogen-bond acceptors (Lipinski definition) is 3. The molecule has 0 spiro atoms. The molecule has 0 saturated carbocycles. The Bertz CT molecular complexity index is 591. The van der Waals surface area contributed by atoms with Gasteiger partial charge >= 0.3 is 0 Å². The fraction of sp³-hybridized carbons (Fsp3) is 0.133. The van der Waals surface area contributed by atoms with Gasteiger partial charge in [0, 0.05) is 4.47 Å². The Kier molecular flexibility index (Phi) is 4.35. The van der Waals surface area contributed by atoms with Crippen molar-refractivity contribution in [2.24, 2.45) is 0 Å². The van der Waals surface area contributed by atoms with E-state index >= 15 is 0 Å². The van der Waals surface area contributed by atoms with Crippen molar-refractivity contribution < 1.29 is 14.6 Å². The van der Waals surface area contributed by atoms with Gasteiger partial charge in [0.25, 0.3) is 0 Å². The molecule has 98 valence electrons. The van der Waals surface area contributed by atoms with E-state index in [1.165, 1.54) is 6.92 Å². The highest BCUT2D eigenvalue weighted by Gasteiger charge is 2.10. The van der Waals surface area contributed by atoms with E-state index in [0.717, 1.165) is 10.0 Å². The molecule has 4 heteroatoms. The van der Waals surface area contributed by atoms with Crippen molar-refractivity contribution in [3.05, 3.63) is 58.1 Å². The van der Waals surface area contributed by atoms with Gasteiger partial charge in [-0.3, -0.25) is 4.79 Å². The van der Waals surface area contributed by atoms with Gasteiger partial charge in [0.15, 0.2) is 5.78 Å². The summed E-state index contributed by atoms with van der Waals surface area (Å²) in [5.74, 6) is 1.10. The molecule has 3 nitrogen and oxygen atoms in total. The summed E-state index contributed by atoms with van der Waals surface area (Å²) >= 11 is 3.33. The summed E-state index contributed by atoms with van der Waals surface area (Å²) in [4.78, 5) is 11.6. The number of hydrogen-bond donors (Lipinski definition) is 1. The van der Waals surface area contributed by atoms with Crippen LogP contribution in [-0.4, -0.2) is 10.9 Å². The Hall–Kier alpha value is -1.65. The maximum absolute atomic E-state index is 11.6. The molecule has 0 saturated heterocycles. The van der Waals surface area contributed by atoms with Crippen LogP contribution in [0.25, 0.3) is 0 Å². The second kappa shape index (κ2) is 5.99. The lowest BCUT2D eigenvalue weighted by atomic mass is 10.1. The summed E-state index contributed by atoms with van der Waals surface area (Å²) in [6.07, 6.45) is 0. The minimum absolute atomic E-state index is 0.00272. The first-order valence-electron chi connectivity index (χ1n) is 5.78. The Morgan fingerprint density at radius 2 is 1.89 bits per heavy atom. The van der Waals surface area contributed by atoms with Gasteiger partial charge in [-0.15, -0.1) is 0 Å². The summed E-state index contributed by atoms with van der Waals surface area (Å²) in [5.41, 5.74) is 1.34. The van der Waals surface area contributed by atoms with E-state index in [0.29, 0.717) is 17.1 Å². The SMILES string of the molecule is CC(=O)c1cc(Br)ccc1Oc1ccc(CO)cc1. The smallest absolute Gasteiger partial charge is 0.163 e. The first kappa shape index (κ1) is 13.8. The molecule has 0 aliphatic rings. The van der Waals surface area contributed by atoms with Crippen LogP contribution < -0.4 is 4.74 Å². The van der Waals surface area contributed by atoms with Crippen LogP contribution in [-0.2, 0) is 6.61 Å². The van der Waals surface area contributed by atoms with Crippen LogP contribution in [0.4, 0.5) is 0 Å². The van der Waals surface area contributed by atoms with Crippen molar-refractivity contribution >= 4 is 21.7 Å². The number of ketones is 1. The molecule has 0 aliphatic heterocycles. The third-order valence-electron chi connectivity index (χ3n) is 2.65. The van der Waals surface area contributed by atoms with Gasteiger partial charge in [-0.05, 0) is 42.8 Å². The number of rotatable bonds is 4. The predicted molar refractivity (Wildman–Crippen MR) is 76.6 cm³/mol. The number of Topliss-reactive ketones (excluding diaryl/α,β-unsaturated/α-hetero) is 1. The van der Waals surface area contributed by atoms with Crippen molar-refractivity contribution in [1.82, 2.24) is 0 Å². The fourth-order valence-electron chi connectivity index (χ4n) is 1.66. The third kappa shape index (κ3) is 3.43. The molecule has 0 aromatic heterocycles. The highest BCUT2D eigenvalue weighted by molar-refractivity contribution is 9.10. The Morgan fingerprint density at radius 3 is 2.47 bits per heavy atom. The number of aliphatic hydroxyl groups excluding tert-OH is 1. The highest BCUT2D eigenvalue weighted by atomic mass is 79.9. The van der Waals surface area contributed by atoms with E-state index in [4.69, 9.17) is 9.84 Å². The normalized spacial score (nSPS) is 10.3. The molecule has 0 unspecified atom stereocenters. The van der Waals surface area contributed by atoms with Crippen LogP contribution in [0.5, 0.6) is 11.5 Å². The van der Waals surface area contributed by atoms with Gasteiger partial charge in [-0.2, -0.15) is 0 Å². The lowest BCUT2D eigenvalue weighted by Crippen LogP contribution is -1.97. The number of carbonyl (C=O) groups is 1. The van der Waals surface area contributed by atoms with E-state index in [1.54, 1.807) is 36.4 Å². The van der Waals surface area contributed by atoms with Gasteiger partial charge in [0.1, 0.15) is 11.5 Å². The van der Waals surface area contributed by atoms with Crippen LogP contribution in [0.1, 0.15) is 22.8 Å². The van der Waals surface area contributed by atoms with Gasteiger partial charge in [0.05, 0.1) is 12.2 Å². The summed E-state index contributed by atoms with van der Waals surface area (Å²) in [6, 6.07) is 12.4. The van der Waals surface area contributed by atoms with Crippen LogP contribution in [0.15, 0.2) is 46.9 Å². The van der Waals surface area contributed by atoms with Crippen LogP contribution >= 0.6 is 15.9 Å². The molecule has 2 aromatic rings. The zero-order chi connectivity index (χ0) is 13.8. The Balaban J connectivity index is 2.29.